The molecule has 2 aromatic rings. The largest absolute Gasteiger partial charge is 0.364 e. The van der Waals surface area contributed by atoms with Crippen LogP contribution in [0.25, 0.3) is 0 Å². The van der Waals surface area contributed by atoms with Gasteiger partial charge in [0.1, 0.15) is 5.82 Å². The first kappa shape index (κ1) is 10.8. The predicted octanol–water partition coefficient (Wildman–Crippen LogP) is 2.96. The predicted molar refractivity (Wildman–Crippen MR) is 64.2 cm³/mol. The lowest BCUT2D eigenvalue weighted by Crippen LogP contribution is -2.00. The molecule has 0 fully saturated rings. The molecule has 0 aliphatic heterocycles. The highest BCUT2D eigenvalue weighted by atomic mass is 79.9. The molecule has 0 unspecified atom stereocenters. The lowest BCUT2D eigenvalue weighted by molar-refractivity contribution is 1.10. The first-order valence-corrected chi connectivity index (χ1v) is 6.01. The Kier molecular flexibility index (Phi) is 3.50. The summed E-state index contributed by atoms with van der Waals surface area (Å²) >= 11 is 10.5. The second-order valence-corrected chi connectivity index (χ2v) is 4.88. The number of hydrogen-bond acceptors (Lipinski definition) is 5. The Labute approximate surface area is 104 Å². The summed E-state index contributed by atoms with van der Waals surface area (Å²) in [7, 11) is 0. The number of nitrogens with zero attached hydrogens (tertiary/aromatic N) is 3. The average molecular weight is 306 g/mol. The number of nitrogens with one attached hydrogen (secondary N) is 1. The Balaban J connectivity index is 2.05. The third kappa shape index (κ3) is 2.87. The lowest BCUT2D eigenvalue weighted by atomic mass is 10.4. The molecule has 0 aromatic carbocycles. The molecule has 0 aliphatic carbocycles. The number of pyridine rings is 1. The van der Waals surface area contributed by atoms with Crippen LogP contribution in [0.15, 0.2) is 22.9 Å². The van der Waals surface area contributed by atoms with Crippen molar-refractivity contribution in [3.63, 3.8) is 0 Å². The molecule has 7 heteroatoms. The first-order chi connectivity index (χ1) is 7.25. The molecule has 2 rings (SSSR count). The third-order valence-electron chi connectivity index (χ3n) is 1.64. The van der Waals surface area contributed by atoms with Crippen LogP contribution < -0.4 is 5.32 Å². The van der Waals surface area contributed by atoms with Gasteiger partial charge in [0.25, 0.3) is 0 Å². The number of hydrogen-bond donors (Lipinski definition) is 1. The average Bonchev–Trinajstić information content (AvgIpc) is 2.69. The standard InChI is InChI=1S/C8H6BrClN4S/c9-7-1-5(10)2-11-8(7)12-3-6-4-13-14-15-6/h1-2,4H,3H2,(H,11,12). The summed E-state index contributed by atoms with van der Waals surface area (Å²) in [6.45, 7) is 0.658. The van der Waals surface area contributed by atoms with Gasteiger partial charge in [0, 0.05) is 6.20 Å². The minimum atomic E-state index is 0.604. The minimum Gasteiger partial charge on any atom is -0.364 e. The minimum absolute atomic E-state index is 0.604. The van der Waals surface area contributed by atoms with E-state index >= 15 is 0 Å². The Morgan fingerprint density at radius 3 is 3.00 bits per heavy atom. The highest BCUT2D eigenvalue weighted by Gasteiger charge is 2.02. The molecule has 78 valence electrons. The van der Waals surface area contributed by atoms with Crippen LogP contribution in [0.2, 0.25) is 5.02 Å². The topological polar surface area (TPSA) is 50.7 Å². The van der Waals surface area contributed by atoms with Gasteiger partial charge in [-0.1, -0.05) is 16.1 Å². The zero-order chi connectivity index (χ0) is 10.7. The Bertz CT molecular complexity index is 448. The summed E-state index contributed by atoms with van der Waals surface area (Å²) in [6, 6.07) is 1.79. The van der Waals surface area contributed by atoms with Gasteiger partial charge < -0.3 is 5.32 Å². The van der Waals surface area contributed by atoms with Gasteiger partial charge in [-0.3, -0.25) is 0 Å². The van der Waals surface area contributed by atoms with Crippen molar-refractivity contribution in [3.8, 4) is 0 Å². The van der Waals surface area contributed by atoms with E-state index in [1.165, 1.54) is 11.5 Å². The van der Waals surface area contributed by atoms with Gasteiger partial charge in [0.05, 0.1) is 27.1 Å². The molecule has 4 nitrogen and oxygen atoms in total. The summed E-state index contributed by atoms with van der Waals surface area (Å²) in [5.41, 5.74) is 0. The fraction of sp³-hybridized carbons (Fsp3) is 0.125. The fourth-order valence-electron chi connectivity index (χ4n) is 0.981. The van der Waals surface area contributed by atoms with E-state index in [-0.39, 0.29) is 0 Å². The van der Waals surface area contributed by atoms with E-state index in [1.807, 2.05) is 0 Å². The van der Waals surface area contributed by atoms with Gasteiger partial charge in [-0.05, 0) is 33.5 Å². The van der Waals surface area contributed by atoms with Gasteiger partial charge in [0.2, 0.25) is 0 Å². The fourth-order valence-corrected chi connectivity index (χ4v) is 2.19. The van der Waals surface area contributed by atoms with Crippen molar-refractivity contribution in [3.05, 3.63) is 32.8 Å². The number of anilines is 1. The molecule has 0 spiro atoms. The maximum absolute atomic E-state index is 5.78. The summed E-state index contributed by atoms with van der Waals surface area (Å²) in [4.78, 5) is 5.21. The maximum Gasteiger partial charge on any atom is 0.140 e. The van der Waals surface area contributed by atoms with E-state index < -0.39 is 0 Å². The van der Waals surface area contributed by atoms with Crippen molar-refractivity contribution in [1.82, 2.24) is 14.6 Å². The zero-order valence-corrected chi connectivity index (χ0v) is 10.6. The summed E-state index contributed by atoms with van der Waals surface area (Å²) in [5, 5.41) is 7.51. The van der Waals surface area contributed by atoms with E-state index in [0.717, 1.165) is 15.2 Å². The third-order valence-corrected chi connectivity index (χ3v) is 3.12. The van der Waals surface area contributed by atoms with Gasteiger partial charge >= 0.3 is 0 Å². The van der Waals surface area contributed by atoms with Crippen LogP contribution >= 0.6 is 39.1 Å². The smallest absolute Gasteiger partial charge is 0.140 e. The molecule has 0 atom stereocenters. The molecule has 15 heavy (non-hydrogen) atoms. The van der Waals surface area contributed by atoms with Crippen LogP contribution in [-0.4, -0.2) is 14.6 Å². The quantitative estimate of drug-likeness (QED) is 0.947. The van der Waals surface area contributed by atoms with E-state index in [9.17, 15) is 0 Å². The van der Waals surface area contributed by atoms with Crippen molar-refractivity contribution in [2.24, 2.45) is 0 Å². The van der Waals surface area contributed by atoms with Crippen LogP contribution in [0.5, 0.6) is 0 Å². The van der Waals surface area contributed by atoms with Crippen LogP contribution in [0.4, 0.5) is 5.82 Å². The molecule has 2 aromatic heterocycles. The first-order valence-electron chi connectivity index (χ1n) is 4.07. The zero-order valence-electron chi connectivity index (χ0n) is 7.44. The van der Waals surface area contributed by atoms with Crippen LogP contribution in [0.3, 0.4) is 0 Å². The van der Waals surface area contributed by atoms with E-state index in [1.54, 1.807) is 18.5 Å². The molecule has 1 N–H and O–H groups in total. The van der Waals surface area contributed by atoms with Crippen LogP contribution in [-0.2, 0) is 6.54 Å². The normalized spacial score (nSPS) is 10.3. The molecule has 0 aliphatic rings. The Morgan fingerprint density at radius 1 is 1.47 bits per heavy atom. The molecule has 2 heterocycles. The van der Waals surface area contributed by atoms with Crippen molar-refractivity contribution in [2.75, 3.05) is 5.32 Å². The summed E-state index contributed by atoms with van der Waals surface area (Å²) in [5.74, 6) is 0.757. The molecular weight excluding hydrogens is 300 g/mol. The van der Waals surface area contributed by atoms with Gasteiger partial charge in [-0.15, -0.1) is 5.10 Å². The second-order valence-electron chi connectivity index (χ2n) is 2.72. The van der Waals surface area contributed by atoms with Gasteiger partial charge in [-0.2, -0.15) is 0 Å². The summed E-state index contributed by atoms with van der Waals surface area (Å²) in [6.07, 6.45) is 3.32. The summed E-state index contributed by atoms with van der Waals surface area (Å²) < 4.78 is 4.61. The molecule has 0 saturated carbocycles. The second kappa shape index (κ2) is 4.87. The van der Waals surface area contributed by atoms with Crippen molar-refractivity contribution in [2.45, 2.75) is 6.54 Å². The molecule has 0 radical (unpaired) electrons. The number of aromatic nitrogens is 3. The molecule has 0 amide bonds. The van der Waals surface area contributed by atoms with Crippen molar-refractivity contribution < 1.29 is 0 Å². The van der Waals surface area contributed by atoms with Gasteiger partial charge in [0.15, 0.2) is 0 Å². The van der Waals surface area contributed by atoms with E-state index in [4.69, 9.17) is 11.6 Å². The highest BCUT2D eigenvalue weighted by molar-refractivity contribution is 9.10. The monoisotopic (exact) mass is 304 g/mol. The SMILES string of the molecule is Clc1cnc(NCc2cnns2)c(Br)c1. The van der Waals surface area contributed by atoms with Crippen LogP contribution in [0, 0.1) is 0 Å². The Hall–Kier alpha value is -0.720. The number of rotatable bonds is 3. The highest BCUT2D eigenvalue weighted by Crippen LogP contribution is 2.23. The molecular formula is C8H6BrClN4S. The van der Waals surface area contributed by atoms with Crippen molar-refractivity contribution in [1.29, 1.82) is 0 Å². The molecule has 0 bridgehead atoms. The lowest BCUT2D eigenvalue weighted by Gasteiger charge is -2.05. The molecule has 0 saturated heterocycles. The van der Waals surface area contributed by atoms with Crippen LogP contribution in [0.1, 0.15) is 4.88 Å². The van der Waals surface area contributed by atoms with Gasteiger partial charge in [-0.25, -0.2) is 4.98 Å². The van der Waals surface area contributed by atoms with E-state index in [2.05, 4.69) is 35.8 Å². The Morgan fingerprint density at radius 2 is 2.33 bits per heavy atom. The maximum atomic E-state index is 5.78. The van der Waals surface area contributed by atoms with Crippen molar-refractivity contribution >= 4 is 44.9 Å². The van der Waals surface area contributed by atoms with E-state index in [0.29, 0.717) is 11.6 Å². The number of halogens is 2.